The van der Waals surface area contributed by atoms with Crippen molar-refractivity contribution in [3.05, 3.63) is 48.1 Å². The molecule has 0 aromatic heterocycles. The van der Waals surface area contributed by atoms with Crippen LogP contribution in [0.15, 0.2) is 48.1 Å². The zero-order chi connectivity index (χ0) is 19.1. The van der Waals surface area contributed by atoms with Crippen molar-refractivity contribution < 1.29 is 9.90 Å². The number of aliphatic hydroxyl groups is 1. The van der Waals surface area contributed by atoms with Crippen molar-refractivity contribution in [1.29, 1.82) is 0 Å². The fourth-order valence-corrected chi connectivity index (χ4v) is 7.07. The average Bonchev–Trinajstić information content (AvgIpc) is 2.93. The highest BCUT2D eigenvalue weighted by atomic mass is 16.3. The Kier molecular flexibility index (Phi) is 5.18. The molecule has 0 spiro atoms. The number of carbonyl (C=O) groups is 1. The third-order valence-corrected chi connectivity index (χ3v) is 7.97. The van der Waals surface area contributed by atoms with E-state index in [2.05, 4.69) is 46.1 Å². The minimum absolute atomic E-state index is 0.0933. The number of aliphatic hydroxyl groups excluding tert-OH is 1. The summed E-state index contributed by atoms with van der Waals surface area (Å²) in [5.41, 5.74) is 3.63. The SMILES string of the molecule is C=C1CC2(C)C(C(=C)CO)CCC2C2CC/C(=C/C=O)C(C)(/C=C\C)C12. The fraction of sp³-hybridized carbons (Fsp3) is 0.625. The van der Waals surface area contributed by atoms with E-state index >= 15 is 0 Å². The van der Waals surface area contributed by atoms with Crippen molar-refractivity contribution in [3.8, 4) is 0 Å². The van der Waals surface area contributed by atoms with E-state index in [1.54, 1.807) is 6.08 Å². The van der Waals surface area contributed by atoms with Crippen molar-refractivity contribution in [2.75, 3.05) is 6.61 Å². The Hall–Kier alpha value is -1.41. The summed E-state index contributed by atoms with van der Waals surface area (Å²) in [7, 11) is 0. The van der Waals surface area contributed by atoms with E-state index in [9.17, 15) is 9.90 Å². The number of fused-ring (bicyclic) bond motifs is 3. The van der Waals surface area contributed by atoms with Crippen LogP contribution in [0.3, 0.4) is 0 Å². The number of hydrogen-bond acceptors (Lipinski definition) is 2. The van der Waals surface area contributed by atoms with Crippen molar-refractivity contribution in [3.63, 3.8) is 0 Å². The smallest absolute Gasteiger partial charge is 0.142 e. The van der Waals surface area contributed by atoms with Gasteiger partial charge in [-0.15, -0.1) is 0 Å². The van der Waals surface area contributed by atoms with Crippen LogP contribution in [0.2, 0.25) is 0 Å². The molecular formula is C24H34O2. The van der Waals surface area contributed by atoms with Crippen LogP contribution in [0.4, 0.5) is 0 Å². The highest BCUT2D eigenvalue weighted by Gasteiger charge is 2.59. The van der Waals surface area contributed by atoms with Crippen molar-refractivity contribution in [2.24, 2.45) is 34.5 Å². The van der Waals surface area contributed by atoms with Gasteiger partial charge in [-0.25, -0.2) is 0 Å². The summed E-state index contributed by atoms with van der Waals surface area (Å²) >= 11 is 0. The van der Waals surface area contributed by atoms with Crippen LogP contribution >= 0.6 is 0 Å². The zero-order valence-electron chi connectivity index (χ0n) is 16.6. The lowest BCUT2D eigenvalue weighted by atomic mass is 9.46. The van der Waals surface area contributed by atoms with Crippen LogP contribution in [0.1, 0.15) is 52.9 Å². The van der Waals surface area contributed by atoms with Gasteiger partial charge in [-0.05, 0) is 79.8 Å². The highest BCUT2D eigenvalue weighted by molar-refractivity contribution is 5.67. The van der Waals surface area contributed by atoms with Crippen molar-refractivity contribution >= 4 is 6.29 Å². The van der Waals surface area contributed by atoms with E-state index in [4.69, 9.17) is 0 Å². The van der Waals surface area contributed by atoms with E-state index in [0.29, 0.717) is 23.7 Å². The van der Waals surface area contributed by atoms with Crippen LogP contribution in [-0.4, -0.2) is 18.0 Å². The van der Waals surface area contributed by atoms with Crippen LogP contribution in [0, 0.1) is 34.5 Å². The predicted molar refractivity (Wildman–Crippen MR) is 108 cm³/mol. The molecule has 3 aliphatic carbocycles. The molecule has 3 saturated carbocycles. The first-order valence-corrected chi connectivity index (χ1v) is 10.1. The summed E-state index contributed by atoms with van der Waals surface area (Å²) in [5, 5.41) is 9.67. The number of allylic oxidation sites excluding steroid dienone is 5. The first kappa shape index (κ1) is 19.4. The molecule has 2 nitrogen and oxygen atoms in total. The molecule has 3 rings (SSSR count). The maximum atomic E-state index is 11.2. The van der Waals surface area contributed by atoms with E-state index < -0.39 is 0 Å². The minimum Gasteiger partial charge on any atom is -0.392 e. The molecule has 3 fully saturated rings. The summed E-state index contributed by atoms with van der Waals surface area (Å²) in [5.74, 6) is 2.05. The molecule has 6 unspecified atom stereocenters. The second-order valence-corrected chi connectivity index (χ2v) is 9.18. The molecular weight excluding hydrogens is 320 g/mol. The normalized spacial score (nSPS) is 44.2. The summed E-state index contributed by atoms with van der Waals surface area (Å²) in [4.78, 5) is 11.2. The minimum atomic E-state index is -0.108. The third kappa shape index (κ3) is 2.69. The molecule has 0 aliphatic heterocycles. The Bertz CT molecular complexity index is 670. The van der Waals surface area contributed by atoms with E-state index in [0.717, 1.165) is 37.5 Å². The van der Waals surface area contributed by atoms with Gasteiger partial charge in [0.05, 0.1) is 6.61 Å². The lowest BCUT2D eigenvalue weighted by molar-refractivity contribution is -0.104. The fourth-order valence-electron chi connectivity index (χ4n) is 7.07. The van der Waals surface area contributed by atoms with Gasteiger partial charge in [-0.2, -0.15) is 0 Å². The topological polar surface area (TPSA) is 37.3 Å². The maximum absolute atomic E-state index is 11.2. The third-order valence-electron chi connectivity index (χ3n) is 7.97. The zero-order valence-corrected chi connectivity index (χ0v) is 16.6. The Labute approximate surface area is 158 Å². The van der Waals surface area contributed by atoms with Gasteiger partial charge in [-0.3, -0.25) is 4.79 Å². The molecule has 0 aromatic rings. The Morgan fingerprint density at radius 1 is 1.31 bits per heavy atom. The molecule has 0 radical (unpaired) electrons. The van der Waals surface area contributed by atoms with Gasteiger partial charge >= 0.3 is 0 Å². The van der Waals surface area contributed by atoms with E-state index in [1.165, 1.54) is 17.6 Å². The predicted octanol–water partition coefficient (Wildman–Crippen LogP) is 5.26. The molecule has 2 heteroatoms. The Balaban J connectivity index is 2.03. The quantitative estimate of drug-likeness (QED) is 0.425. The molecule has 0 saturated heterocycles. The molecule has 0 bridgehead atoms. The maximum Gasteiger partial charge on any atom is 0.142 e. The summed E-state index contributed by atoms with van der Waals surface area (Å²) < 4.78 is 0. The molecule has 1 N–H and O–H groups in total. The lowest BCUT2D eigenvalue weighted by Crippen LogP contribution is -2.50. The monoisotopic (exact) mass is 354 g/mol. The molecule has 0 heterocycles. The van der Waals surface area contributed by atoms with Gasteiger partial charge in [0, 0.05) is 5.41 Å². The Morgan fingerprint density at radius 2 is 2.04 bits per heavy atom. The number of rotatable bonds is 4. The van der Waals surface area contributed by atoms with E-state index in [-0.39, 0.29) is 17.4 Å². The highest BCUT2D eigenvalue weighted by Crippen LogP contribution is 2.67. The molecule has 3 aliphatic rings. The molecule has 6 atom stereocenters. The van der Waals surface area contributed by atoms with Gasteiger partial charge in [0.2, 0.25) is 0 Å². The standard InChI is InChI=1S/C24H34O2/c1-6-12-23(4)18(11-13-25)7-8-19-21-10-9-20(17(3)15-26)24(21,5)14-16(2)22(19)23/h6,11-13,19-22,26H,2-3,7-10,14-15H2,1,4-5H3/b12-6-,18-11-. The molecule has 142 valence electrons. The van der Waals surface area contributed by atoms with Crippen LogP contribution in [0.25, 0.3) is 0 Å². The summed E-state index contributed by atoms with van der Waals surface area (Å²) in [6.45, 7) is 15.6. The van der Waals surface area contributed by atoms with Crippen LogP contribution in [-0.2, 0) is 4.79 Å². The van der Waals surface area contributed by atoms with Gasteiger partial charge in [-0.1, -0.05) is 50.3 Å². The number of hydrogen-bond donors (Lipinski definition) is 1. The second kappa shape index (κ2) is 6.96. The van der Waals surface area contributed by atoms with Gasteiger partial charge in [0.25, 0.3) is 0 Å². The lowest BCUT2D eigenvalue weighted by Gasteiger charge is -2.57. The molecule has 0 aromatic carbocycles. The molecule has 0 amide bonds. The molecule has 26 heavy (non-hydrogen) atoms. The Morgan fingerprint density at radius 3 is 2.65 bits per heavy atom. The largest absolute Gasteiger partial charge is 0.392 e. The average molecular weight is 355 g/mol. The summed E-state index contributed by atoms with van der Waals surface area (Å²) in [6, 6.07) is 0. The number of aldehydes is 1. The van der Waals surface area contributed by atoms with Crippen LogP contribution in [0.5, 0.6) is 0 Å². The van der Waals surface area contributed by atoms with Gasteiger partial charge in [0.15, 0.2) is 0 Å². The van der Waals surface area contributed by atoms with E-state index in [1.807, 2.05) is 0 Å². The van der Waals surface area contributed by atoms with Crippen molar-refractivity contribution in [2.45, 2.75) is 52.9 Å². The first-order valence-electron chi connectivity index (χ1n) is 10.1. The first-order chi connectivity index (χ1) is 12.3. The van der Waals surface area contributed by atoms with Crippen molar-refractivity contribution in [1.82, 2.24) is 0 Å². The number of carbonyl (C=O) groups excluding carboxylic acids is 1. The van der Waals surface area contributed by atoms with Gasteiger partial charge < -0.3 is 5.11 Å². The summed E-state index contributed by atoms with van der Waals surface area (Å²) in [6.07, 6.45) is 12.7. The van der Waals surface area contributed by atoms with Gasteiger partial charge in [0.1, 0.15) is 6.29 Å². The van der Waals surface area contributed by atoms with Crippen LogP contribution < -0.4 is 0 Å². The second-order valence-electron chi connectivity index (χ2n) is 9.18.